The summed E-state index contributed by atoms with van der Waals surface area (Å²) in [4.78, 5) is 7.79. The van der Waals surface area contributed by atoms with Gasteiger partial charge in [-0.15, -0.1) is 10.2 Å². The van der Waals surface area contributed by atoms with E-state index in [1.807, 2.05) is 42.5 Å². The Morgan fingerprint density at radius 3 is 2.54 bits per heavy atom. The van der Waals surface area contributed by atoms with Crippen LogP contribution < -0.4 is 14.8 Å². The van der Waals surface area contributed by atoms with E-state index < -0.39 is 0 Å². The fraction of sp³-hybridized carbons (Fsp3) is 0.211. The Hall–Kier alpha value is -3.35. The summed E-state index contributed by atoms with van der Waals surface area (Å²) in [7, 11) is 3.29. The molecule has 0 aliphatic heterocycles. The fourth-order valence-electron chi connectivity index (χ4n) is 2.92. The Kier molecular flexibility index (Phi) is 4.27. The van der Waals surface area contributed by atoms with Crippen molar-refractivity contribution in [2.75, 3.05) is 26.1 Å². The Morgan fingerprint density at radius 2 is 1.77 bits per heavy atom. The molecule has 7 nitrogen and oxygen atoms in total. The van der Waals surface area contributed by atoms with E-state index in [0.29, 0.717) is 12.5 Å². The number of ether oxygens (including phenoxy) is 2. The number of fused-ring (bicyclic) bond motifs is 3. The summed E-state index contributed by atoms with van der Waals surface area (Å²) >= 11 is 0. The third kappa shape index (κ3) is 3.11. The minimum Gasteiger partial charge on any atom is -0.497 e. The zero-order valence-electron chi connectivity index (χ0n) is 14.6. The maximum atomic E-state index is 5.30. The largest absolute Gasteiger partial charge is 0.497 e. The molecule has 0 spiro atoms. The Labute approximate surface area is 150 Å². The SMILES string of the molecule is COc1cc(CCNc2nnc3c(n2)[nH]c2ccccc23)cc(OC)c1. The molecule has 2 aromatic carbocycles. The first kappa shape index (κ1) is 16.1. The normalized spacial score (nSPS) is 11.0. The molecule has 2 N–H and O–H groups in total. The highest BCUT2D eigenvalue weighted by Gasteiger charge is 2.08. The van der Waals surface area contributed by atoms with Crippen LogP contribution in [0.4, 0.5) is 5.95 Å². The van der Waals surface area contributed by atoms with Gasteiger partial charge >= 0.3 is 0 Å². The van der Waals surface area contributed by atoms with Gasteiger partial charge in [0.15, 0.2) is 5.65 Å². The molecule has 0 unspecified atom stereocenters. The van der Waals surface area contributed by atoms with Gasteiger partial charge in [0.05, 0.1) is 14.2 Å². The summed E-state index contributed by atoms with van der Waals surface area (Å²) < 4.78 is 10.6. The molecule has 0 bridgehead atoms. The van der Waals surface area contributed by atoms with Crippen molar-refractivity contribution in [3.05, 3.63) is 48.0 Å². The van der Waals surface area contributed by atoms with Gasteiger partial charge in [-0.3, -0.25) is 0 Å². The first-order valence-corrected chi connectivity index (χ1v) is 8.34. The third-order valence-corrected chi connectivity index (χ3v) is 4.23. The number of nitrogens with zero attached hydrogens (tertiary/aromatic N) is 3. The second-order valence-electron chi connectivity index (χ2n) is 5.90. The molecular weight excluding hydrogens is 330 g/mol. The van der Waals surface area contributed by atoms with Crippen LogP contribution in [-0.4, -0.2) is 40.9 Å². The van der Waals surface area contributed by atoms with Crippen molar-refractivity contribution in [3.63, 3.8) is 0 Å². The van der Waals surface area contributed by atoms with Crippen LogP contribution in [0, 0.1) is 0 Å². The molecule has 132 valence electrons. The van der Waals surface area contributed by atoms with Gasteiger partial charge in [0.25, 0.3) is 0 Å². The van der Waals surface area contributed by atoms with Crippen molar-refractivity contribution in [2.24, 2.45) is 0 Å². The van der Waals surface area contributed by atoms with Crippen molar-refractivity contribution >= 4 is 28.0 Å². The van der Waals surface area contributed by atoms with Gasteiger partial charge in [-0.1, -0.05) is 18.2 Å². The van der Waals surface area contributed by atoms with Crippen LogP contribution in [0.1, 0.15) is 5.56 Å². The van der Waals surface area contributed by atoms with Gasteiger partial charge in [-0.2, -0.15) is 4.98 Å². The average molecular weight is 349 g/mol. The van der Waals surface area contributed by atoms with Crippen molar-refractivity contribution in [3.8, 4) is 11.5 Å². The highest BCUT2D eigenvalue weighted by Crippen LogP contribution is 2.23. The number of rotatable bonds is 6. The van der Waals surface area contributed by atoms with Crippen molar-refractivity contribution in [1.82, 2.24) is 20.2 Å². The molecule has 0 aliphatic carbocycles. The molecule has 2 heterocycles. The molecule has 2 aromatic heterocycles. The molecule has 0 atom stereocenters. The zero-order chi connectivity index (χ0) is 17.9. The van der Waals surface area contributed by atoms with E-state index in [9.17, 15) is 0 Å². The Morgan fingerprint density at radius 1 is 1.00 bits per heavy atom. The molecule has 0 amide bonds. The predicted molar refractivity (Wildman–Crippen MR) is 101 cm³/mol. The average Bonchev–Trinajstić information content (AvgIpc) is 3.05. The summed E-state index contributed by atoms with van der Waals surface area (Å²) in [6, 6.07) is 13.8. The topological polar surface area (TPSA) is 85.0 Å². The highest BCUT2D eigenvalue weighted by atomic mass is 16.5. The Bertz CT molecular complexity index is 1040. The zero-order valence-corrected chi connectivity index (χ0v) is 14.6. The van der Waals surface area contributed by atoms with Gasteiger partial charge in [-0.05, 0) is 30.2 Å². The lowest BCUT2D eigenvalue weighted by molar-refractivity contribution is 0.393. The summed E-state index contributed by atoms with van der Waals surface area (Å²) in [5.41, 5.74) is 3.62. The van der Waals surface area contributed by atoms with E-state index in [2.05, 4.69) is 25.5 Å². The molecule has 7 heteroatoms. The van der Waals surface area contributed by atoms with Crippen molar-refractivity contribution < 1.29 is 9.47 Å². The number of methoxy groups -OCH3 is 2. The van der Waals surface area contributed by atoms with E-state index in [1.165, 1.54) is 0 Å². The van der Waals surface area contributed by atoms with Crippen molar-refractivity contribution in [1.29, 1.82) is 0 Å². The number of para-hydroxylation sites is 1. The first-order valence-electron chi connectivity index (χ1n) is 8.34. The number of aromatic amines is 1. The van der Waals surface area contributed by atoms with Gasteiger partial charge in [0.1, 0.15) is 17.0 Å². The highest BCUT2D eigenvalue weighted by molar-refractivity contribution is 6.03. The van der Waals surface area contributed by atoms with Gasteiger partial charge in [-0.25, -0.2) is 0 Å². The Balaban J connectivity index is 1.49. The number of nitrogens with one attached hydrogen (secondary N) is 2. The number of hydrogen-bond acceptors (Lipinski definition) is 6. The second kappa shape index (κ2) is 6.87. The van der Waals surface area contributed by atoms with Crippen LogP contribution in [0.25, 0.3) is 22.1 Å². The third-order valence-electron chi connectivity index (χ3n) is 4.23. The summed E-state index contributed by atoms with van der Waals surface area (Å²) in [5.74, 6) is 2.05. The maximum absolute atomic E-state index is 5.30. The monoisotopic (exact) mass is 349 g/mol. The lowest BCUT2D eigenvalue weighted by atomic mass is 10.1. The van der Waals surface area contributed by atoms with Gasteiger partial charge in [0, 0.05) is 23.5 Å². The number of benzene rings is 2. The molecule has 26 heavy (non-hydrogen) atoms. The second-order valence-corrected chi connectivity index (χ2v) is 5.90. The van der Waals surface area contributed by atoms with Crippen LogP contribution >= 0.6 is 0 Å². The van der Waals surface area contributed by atoms with E-state index in [-0.39, 0.29) is 0 Å². The van der Waals surface area contributed by atoms with Gasteiger partial charge in [0.2, 0.25) is 5.95 Å². The lowest BCUT2D eigenvalue weighted by Gasteiger charge is -2.09. The number of H-pyrrole nitrogens is 1. The number of anilines is 1. The minimum absolute atomic E-state index is 0.499. The first-order chi connectivity index (χ1) is 12.8. The molecule has 0 aliphatic rings. The minimum atomic E-state index is 0.499. The van der Waals surface area contributed by atoms with Crippen LogP contribution in [0.15, 0.2) is 42.5 Å². The summed E-state index contributed by atoms with van der Waals surface area (Å²) in [5, 5.41) is 12.7. The smallest absolute Gasteiger partial charge is 0.244 e. The molecule has 0 fully saturated rings. The summed E-state index contributed by atoms with van der Waals surface area (Å²) in [6.07, 6.45) is 0.779. The molecule has 4 rings (SSSR count). The fourth-order valence-corrected chi connectivity index (χ4v) is 2.92. The molecule has 0 radical (unpaired) electrons. The maximum Gasteiger partial charge on any atom is 0.244 e. The standard InChI is InChI=1S/C19H19N5O2/c1-25-13-9-12(10-14(11-13)26-2)7-8-20-19-22-18-17(23-24-19)15-5-3-4-6-16(15)21-18/h3-6,9-11H,7-8H2,1-2H3,(H2,20,21,22,24). The molecular formula is C19H19N5O2. The molecule has 0 saturated heterocycles. The van der Waals surface area contributed by atoms with E-state index in [4.69, 9.17) is 9.47 Å². The number of hydrogen-bond donors (Lipinski definition) is 2. The van der Waals surface area contributed by atoms with Crippen LogP contribution in [-0.2, 0) is 6.42 Å². The van der Waals surface area contributed by atoms with Crippen molar-refractivity contribution in [2.45, 2.75) is 6.42 Å². The molecule has 4 aromatic rings. The van der Waals surface area contributed by atoms with Crippen LogP contribution in [0.2, 0.25) is 0 Å². The number of aromatic nitrogens is 4. The quantitative estimate of drug-likeness (QED) is 0.556. The van der Waals surface area contributed by atoms with E-state index in [0.717, 1.165) is 45.6 Å². The lowest BCUT2D eigenvalue weighted by Crippen LogP contribution is -2.09. The van der Waals surface area contributed by atoms with E-state index in [1.54, 1.807) is 14.2 Å². The van der Waals surface area contributed by atoms with Crippen LogP contribution in [0.3, 0.4) is 0 Å². The predicted octanol–water partition coefficient (Wildman–Crippen LogP) is 3.18. The summed E-state index contributed by atoms with van der Waals surface area (Å²) in [6.45, 7) is 0.670. The van der Waals surface area contributed by atoms with Gasteiger partial charge < -0.3 is 19.8 Å². The molecule has 0 saturated carbocycles. The van der Waals surface area contributed by atoms with E-state index >= 15 is 0 Å². The van der Waals surface area contributed by atoms with Crippen LogP contribution in [0.5, 0.6) is 11.5 Å².